The number of carbonyl (C=O) groups is 3. The van der Waals surface area contributed by atoms with Gasteiger partial charge in [-0.1, -0.05) is 17.7 Å². The van der Waals surface area contributed by atoms with Crippen molar-refractivity contribution in [2.24, 2.45) is 0 Å². The van der Waals surface area contributed by atoms with Crippen LogP contribution in [0.3, 0.4) is 0 Å². The second-order valence-corrected chi connectivity index (χ2v) is 10.6. The lowest BCUT2D eigenvalue weighted by atomic mass is 10.0. The first-order valence-corrected chi connectivity index (χ1v) is 12.6. The predicted octanol–water partition coefficient (Wildman–Crippen LogP) is 1.66. The largest absolute Gasteiger partial charge is 0.366 e. The maximum Gasteiger partial charge on any atom is 0.297 e. The van der Waals surface area contributed by atoms with Gasteiger partial charge in [-0.05, 0) is 55.7 Å². The molecule has 0 aromatic heterocycles. The minimum absolute atomic E-state index is 0.182. The SMILES string of the molecule is Cc1ccc(S(=O)(=O)OC2CN(c3ccc4c(c3)CN(C3CCC(=O)NC3=O)C4=O)C2)c(C)c1. The zero-order valence-corrected chi connectivity index (χ0v) is 19.7. The van der Waals surface area contributed by atoms with Crippen molar-refractivity contribution in [2.45, 2.75) is 50.3 Å². The van der Waals surface area contributed by atoms with Crippen molar-refractivity contribution in [1.82, 2.24) is 10.2 Å². The van der Waals surface area contributed by atoms with E-state index in [4.69, 9.17) is 4.18 Å². The molecule has 0 radical (unpaired) electrons. The van der Waals surface area contributed by atoms with Crippen LogP contribution < -0.4 is 10.2 Å². The highest BCUT2D eigenvalue weighted by atomic mass is 32.2. The van der Waals surface area contributed by atoms with Crippen LogP contribution in [0, 0.1) is 13.8 Å². The average molecular weight is 484 g/mol. The number of nitrogens with one attached hydrogen (secondary N) is 1. The van der Waals surface area contributed by atoms with Gasteiger partial charge in [0.15, 0.2) is 0 Å². The summed E-state index contributed by atoms with van der Waals surface area (Å²) in [6, 6.07) is 9.93. The van der Waals surface area contributed by atoms with Gasteiger partial charge >= 0.3 is 0 Å². The zero-order valence-electron chi connectivity index (χ0n) is 18.9. The Balaban J connectivity index is 1.24. The molecule has 0 bridgehead atoms. The van der Waals surface area contributed by atoms with Crippen molar-refractivity contribution in [3.05, 3.63) is 58.7 Å². The van der Waals surface area contributed by atoms with Gasteiger partial charge in [0.2, 0.25) is 11.8 Å². The Bertz CT molecular complexity index is 1320. The fourth-order valence-electron chi connectivity index (χ4n) is 4.78. The second-order valence-electron chi connectivity index (χ2n) is 9.09. The third-order valence-electron chi connectivity index (χ3n) is 6.58. The van der Waals surface area contributed by atoms with Crippen LogP contribution in [0.1, 0.15) is 39.9 Å². The smallest absolute Gasteiger partial charge is 0.297 e. The summed E-state index contributed by atoms with van der Waals surface area (Å²) in [5.41, 5.74) is 3.84. The van der Waals surface area contributed by atoms with Gasteiger partial charge in [-0.3, -0.25) is 23.9 Å². The highest BCUT2D eigenvalue weighted by Crippen LogP contribution is 2.33. The summed E-state index contributed by atoms with van der Waals surface area (Å²) in [5.74, 6) is -0.979. The zero-order chi connectivity index (χ0) is 24.2. The molecule has 2 saturated heterocycles. The first-order chi connectivity index (χ1) is 16.1. The van der Waals surface area contributed by atoms with Crippen LogP contribution >= 0.6 is 0 Å². The first-order valence-electron chi connectivity index (χ1n) is 11.2. The van der Waals surface area contributed by atoms with E-state index in [1.165, 1.54) is 4.90 Å². The molecule has 2 aromatic carbocycles. The number of hydrogen-bond acceptors (Lipinski definition) is 7. The van der Waals surface area contributed by atoms with Crippen LogP contribution in [0.25, 0.3) is 0 Å². The van der Waals surface area contributed by atoms with E-state index in [-0.39, 0.29) is 23.1 Å². The van der Waals surface area contributed by atoms with E-state index in [0.29, 0.717) is 37.2 Å². The Kier molecular flexibility index (Phi) is 5.44. The van der Waals surface area contributed by atoms with E-state index in [1.807, 2.05) is 30.0 Å². The van der Waals surface area contributed by atoms with Gasteiger partial charge in [-0.15, -0.1) is 0 Å². The molecule has 2 fully saturated rings. The highest BCUT2D eigenvalue weighted by molar-refractivity contribution is 7.86. The van der Waals surface area contributed by atoms with Crippen LogP contribution in [0.2, 0.25) is 0 Å². The fraction of sp³-hybridized carbons (Fsp3) is 0.375. The summed E-state index contributed by atoms with van der Waals surface area (Å²) in [6.45, 7) is 4.77. The fourth-order valence-corrected chi connectivity index (χ4v) is 6.05. The molecule has 1 unspecified atom stereocenters. The van der Waals surface area contributed by atoms with Crippen LogP contribution in [0.5, 0.6) is 0 Å². The summed E-state index contributed by atoms with van der Waals surface area (Å²) >= 11 is 0. The molecule has 34 heavy (non-hydrogen) atoms. The van der Waals surface area contributed by atoms with Crippen molar-refractivity contribution in [3.63, 3.8) is 0 Å². The summed E-state index contributed by atoms with van der Waals surface area (Å²) in [5, 5.41) is 2.30. The van der Waals surface area contributed by atoms with E-state index >= 15 is 0 Å². The molecule has 3 heterocycles. The number of rotatable bonds is 5. The van der Waals surface area contributed by atoms with Gasteiger partial charge in [0.05, 0.1) is 4.90 Å². The molecule has 5 rings (SSSR count). The van der Waals surface area contributed by atoms with E-state index < -0.39 is 28.2 Å². The lowest BCUT2D eigenvalue weighted by molar-refractivity contribution is -0.136. The number of anilines is 1. The minimum Gasteiger partial charge on any atom is -0.366 e. The summed E-state index contributed by atoms with van der Waals surface area (Å²) in [6.07, 6.45) is 0.0693. The number of fused-ring (bicyclic) bond motifs is 1. The van der Waals surface area contributed by atoms with Gasteiger partial charge < -0.3 is 9.80 Å². The van der Waals surface area contributed by atoms with Crippen LogP contribution in [0.15, 0.2) is 41.3 Å². The standard InChI is InChI=1S/C24H25N3O6S/c1-14-3-7-21(15(2)9-14)34(31,32)33-18-12-26(13-18)17-4-5-19-16(10-17)11-27(24(19)30)20-6-8-22(28)25-23(20)29/h3-5,7,9-10,18,20H,6,8,11-13H2,1-2H3,(H,25,28,29). The molecule has 1 atom stereocenters. The van der Waals surface area contributed by atoms with Crippen LogP contribution in [-0.4, -0.2) is 56.3 Å². The summed E-state index contributed by atoms with van der Waals surface area (Å²) in [7, 11) is -3.86. The third-order valence-corrected chi connectivity index (χ3v) is 8.11. The van der Waals surface area contributed by atoms with Gasteiger partial charge in [0.1, 0.15) is 12.1 Å². The first kappa shape index (κ1) is 22.5. The van der Waals surface area contributed by atoms with Crippen LogP contribution in [0.4, 0.5) is 5.69 Å². The Morgan fingerprint density at radius 3 is 2.50 bits per heavy atom. The lowest BCUT2D eigenvalue weighted by Gasteiger charge is -2.40. The van der Waals surface area contributed by atoms with E-state index in [0.717, 1.165) is 16.8 Å². The number of carbonyl (C=O) groups excluding carboxylic acids is 3. The number of aryl methyl sites for hydroxylation is 2. The number of amides is 3. The molecule has 178 valence electrons. The highest BCUT2D eigenvalue weighted by Gasteiger charge is 2.40. The van der Waals surface area contributed by atoms with Crippen molar-refractivity contribution in [1.29, 1.82) is 0 Å². The maximum absolute atomic E-state index is 12.8. The van der Waals surface area contributed by atoms with Crippen molar-refractivity contribution in [3.8, 4) is 0 Å². The van der Waals surface area contributed by atoms with Gasteiger partial charge in [-0.2, -0.15) is 8.42 Å². The van der Waals surface area contributed by atoms with Crippen molar-refractivity contribution < 1.29 is 27.0 Å². The molecule has 0 spiro atoms. The number of piperidine rings is 1. The number of imide groups is 1. The van der Waals surface area contributed by atoms with Crippen molar-refractivity contribution in [2.75, 3.05) is 18.0 Å². The Labute approximate surface area is 197 Å². The number of benzene rings is 2. The molecular formula is C24H25N3O6S. The molecular weight excluding hydrogens is 458 g/mol. The molecule has 1 N–H and O–H groups in total. The van der Waals surface area contributed by atoms with E-state index in [1.54, 1.807) is 25.1 Å². The summed E-state index contributed by atoms with van der Waals surface area (Å²) < 4.78 is 30.8. The molecule has 0 aliphatic carbocycles. The van der Waals surface area contributed by atoms with Crippen LogP contribution in [-0.2, 0) is 30.4 Å². The van der Waals surface area contributed by atoms with Gasteiger partial charge in [-0.25, -0.2) is 0 Å². The summed E-state index contributed by atoms with van der Waals surface area (Å²) in [4.78, 5) is 40.2. The normalized spacial score (nSPS) is 20.9. The molecule has 2 aromatic rings. The van der Waals surface area contributed by atoms with Crippen molar-refractivity contribution >= 4 is 33.5 Å². The van der Waals surface area contributed by atoms with E-state index in [9.17, 15) is 22.8 Å². The van der Waals surface area contributed by atoms with Gasteiger partial charge in [0, 0.05) is 37.3 Å². The Morgan fingerprint density at radius 2 is 1.79 bits per heavy atom. The Morgan fingerprint density at radius 1 is 1.03 bits per heavy atom. The molecule has 3 amide bonds. The maximum atomic E-state index is 12.8. The molecule has 9 nitrogen and oxygen atoms in total. The number of nitrogens with zero attached hydrogens (tertiary/aromatic N) is 2. The monoisotopic (exact) mass is 483 g/mol. The second kappa shape index (κ2) is 8.21. The third kappa shape index (κ3) is 3.97. The molecule has 10 heteroatoms. The van der Waals surface area contributed by atoms with E-state index in [2.05, 4.69) is 5.32 Å². The minimum atomic E-state index is -3.86. The molecule has 3 aliphatic rings. The molecule has 3 aliphatic heterocycles. The lowest BCUT2D eigenvalue weighted by Crippen LogP contribution is -2.53. The quantitative estimate of drug-likeness (QED) is 0.508. The predicted molar refractivity (Wildman–Crippen MR) is 123 cm³/mol. The Hall–Kier alpha value is -3.24. The molecule has 0 saturated carbocycles. The number of hydrogen-bond donors (Lipinski definition) is 1. The topological polar surface area (TPSA) is 113 Å². The average Bonchev–Trinajstić information content (AvgIpc) is 3.05. The van der Waals surface area contributed by atoms with Gasteiger partial charge in [0.25, 0.3) is 16.0 Å².